The summed E-state index contributed by atoms with van der Waals surface area (Å²) in [5.74, 6) is -0.266. The molecule has 2 aromatic rings. The van der Waals surface area contributed by atoms with Crippen molar-refractivity contribution in [3.8, 4) is 0 Å². The van der Waals surface area contributed by atoms with Gasteiger partial charge >= 0.3 is 5.00 Å². The van der Waals surface area contributed by atoms with Gasteiger partial charge in [0.05, 0.1) is 10.5 Å². The molecule has 0 fully saturated rings. The molecule has 23 heavy (non-hydrogen) atoms. The average Bonchev–Trinajstić information content (AvgIpc) is 3.02. The first-order valence-corrected chi connectivity index (χ1v) is 8.12. The maximum atomic E-state index is 11.9. The van der Waals surface area contributed by atoms with Gasteiger partial charge in [-0.15, -0.1) is 0 Å². The van der Waals surface area contributed by atoms with Crippen LogP contribution in [-0.4, -0.2) is 31.5 Å². The standard InChI is InChI=1S/C16H19N3O3S/c1-18(2)14-7-5-12(6-8-14)4-3-9-17-16(20)13-10-15(19(21)22)23-11-13/h5-8,10-11H,3-4,9H2,1-2H3,(H,17,20). The fourth-order valence-electron chi connectivity index (χ4n) is 2.10. The zero-order valence-electron chi connectivity index (χ0n) is 13.1. The van der Waals surface area contributed by atoms with E-state index in [1.165, 1.54) is 17.0 Å². The van der Waals surface area contributed by atoms with Crippen molar-refractivity contribution in [1.29, 1.82) is 0 Å². The third-order valence-corrected chi connectivity index (χ3v) is 4.29. The first-order valence-electron chi connectivity index (χ1n) is 7.25. The number of nitrogens with one attached hydrogen (secondary N) is 1. The molecule has 0 atom stereocenters. The summed E-state index contributed by atoms with van der Waals surface area (Å²) in [5.41, 5.74) is 2.72. The molecule has 0 bridgehead atoms. The fourth-order valence-corrected chi connectivity index (χ4v) is 2.80. The summed E-state index contributed by atoms with van der Waals surface area (Å²) >= 11 is 0.962. The summed E-state index contributed by atoms with van der Waals surface area (Å²) in [6, 6.07) is 9.61. The molecule has 7 heteroatoms. The number of nitrogens with zero attached hydrogens (tertiary/aromatic N) is 2. The van der Waals surface area contributed by atoms with E-state index in [1.54, 1.807) is 0 Å². The Morgan fingerprint density at radius 2 is 2.00 bits per heavy atom. The van der Waals surface area contributed by atoms with Crippen LogP contribution in [0.3, 0.4) is 0 Å². The number of rotatable bonds is 7. The fraction of sp³-hybridized carbons (Fsp3) is 0.312. The van der Waals surface area contributed by atoms with Crippen LogP contribution < -0.4 is 10.2 Å². The third kappa shape index (κ3) is 4.79. The lowest BCUT2D eigenvalue weighted by Crippen LogP contribution is -2.24. The highest BCUT2D eigenvalue weighted by molar-refractivity contribution is 7.13. The molecular weight excluding hydrogens is 314 g/mol. The van der Waals surface area contributed by atoms with Crippen LogP contribution in [0.2, 0.25) is 0 Å². The Morgan fingerprint density at radius 3 is 2.57 bits per heavy atom. The molecule has 0 saturated heterocycles. The van der Waals surface area contributed by atoms with Crippen molar-refractivity contribution in [2.24, 2.45) is 0 Å². The molecular formula is C16H19N3O3S. The number of hydrogen-bond acceptors (Lipinski definition) is 5. The molecule has 1 amide bonds. The Bertz CT molecular complexity index is 680. The number of hydrogen-bond donors (Lipinski definition) is 1. The Labute approximate surface area is 138 Å². The van der Waals surface area contributed by atoms with Crippen LogP contribution in [0.15, 0.2) is 35.7 Å². The Hall–Kier alpha value is -2.41. The second-order valence-corrected chi connectivity index (χ2v) is 6.24. The molecule has 1 heterocycles. The lowest BCUT2D eigenvalue weighted by molar-refractivity contribution is -0.380. The van der Waals surface area contributed by atoms with Crippen LogP contribution in [-0.2, 0) is 6.42 Å². The van der Waals surface area contributed by atoms with Gasteiger partial charge in [-0.1, -0.05) is 23.5 Å². The summed E-state index contributed by atoms with van der Waals surface area (Å²) in [6.07, 6.45) is 1.69. The first-order chi connectivity index (χ1) is 11.0. The van der Waals surface area contributed by atoms with Gasteiger partial charge in [-0.3, -0.25) is 14.9 Å². The molecule has 0 unspecified atom stereocenters. The van der Waals surface area contributed by atoms with Gasteiger partial charge in [0.2, 0.25) is 0 Å². The number of anilines is 1. The van der Waals surface area contributed by atoms with Crippen LogP contribution >= 0.6 is 11.3 Å². The van der Waals surface area contributed by atoms with Gasteiger partial charge in [-0.05, 0) is 30.5 Å². The van der Waals surface area contributed by atoms with Crippen molar-refractivity contribution >= 4 is 27.9 Å². The van der Waals surface area contributed by atoms with Crippen molar-refractivity contribution in [3.63, 3.8) is 0 Å². The molecule has 122 valence electrons. The quantitative estimate of drug-likeness (QED) is 0.480. The van der Waals surface area contributed by atoms with E-state index in [4.69, 9.17) is 0 Å². The predicted octanol–water partition coefficient (Wildman–Crippen LogP) is 3.08. The predicted molar refractivity (Wildman–Crippen MR) is 92.4 cm³/mol. The van der Waals surface area contributed by atoms with E-state index in [0.717, 1.165) is 29.9 Å². The molecule has 1 N–H and O–H groups in total. The molecule has 2 rings (SSSR count). The Kier molecular flexibility index (Phi) is 5.70. The van der Waals surface area contributed by atoms with E-state index in [-0.39, 0.29) is 10.9 Å². The van der Waals surface area contributed by atoms with Crippen LogP contribution in [0, 0.1) is 10.1 Å². The number of nitro groups is 1. The highest BCUT2D eigenvalue weighted by atomic mass is 32.1. The van der Waals surface area contributed by atoms with Gasteiger partial charge in [-0.25, -0.2) is 0 Å². The molecule has 0 aliphatic heterocycles. The molecule has 1 aromatic heterocycles. The first kappa shape index (κ1) is 17.0. The topological polar surface area (TPSA) is 75.5 Å². The van der Waals surface area contributed by atoms with Gasteiger partial charge < -0.3 is 10.2 Å². The molecule has 0 aliphatic rings. The Morgan fingerprint density at radius 1 is 1.30 bits per heavy atom. The normalized spacial score (nSPS) is 10.3. The summed E-state index contributed by atoms with van der Waals surface area (Å²) in [4.78, 5) is 24.0. The number of benzene rings is 1. The maximum Gasteiger partial charge on any atom is 0.324 e. The van der Waals surface area contributed by atoms with E-state index in [0.29, 0.717) is 12.1 Å². The number of aryl methyl sites for hydroxylation is 1. The lowest BCUT2D eigenvalue weighted by Gasteiger charge is -2.12. The minimum Gasteiger partial charge on any atom is -0.378 e. The monoisotopic (exact) mass is 333 g/mol. The maximum absolute atomic E-state index is 11.9. The average molecular weight is 333 g/mol. The molecule has 0 aliphatic carbocycles. The number of amides is 1. The number of carbonyl (C=O) groups excluding carboxylic acids is 1. The van der Waals surface area contributed by atoms with E-state index < -0.39 is 4.92 Å². The van der Waals surface area contributed by atoms with Gasteiger partial charge in [0.25, 0.3) is 5.91 Å². The highest BCUT2D eigenvalue weighted by Gasteiger charge is 2.14. The molecule has 6 nitrogen and oxygen atoms in total. The second-order valence-electron chi connectivity index (χ2n) is 5.35. The largest absolute Gasteiger partial charge is 0.378 e. The minimum absolute atomic E-state index is 0.0175. The summed E-state index contributed by atoms with van der Waals surface area (Å²) in [5, 5.41) is 14.9. The molecule has 0 radical (unpaired) electrons. The Balaban J connectivity index is 1.76. The van der Waals surface area contributed by atoms with Crippen LogP contribution in [0.25, 0.3) is 0 Å². The van der Waals surface area contributed by atoms with E-state index in [2.05, 4.69) is 29.6 Å². The second kappa shape index (κ2) is 7.73. The van der Waals surface area contributed by atoms with Crippen LogP contribution in [0.1, 0.15) is 22.3 Å². The summed E-state index contributed by atoms with van der Waals surface area (Å²) < 4.78 is 0. The smallest absolute Gasteiger partial charge is 0.324 e. The van der Waals surface area contributed by atoms with E-state index in [9.17, 15) is 14.9 Å². The van der Waals surface area contributed by atoms with Gasteiger partial charge in [-0.2, -0.15) is 0 Å². The minimum atomic E-state index is -0.487. The number of carbonyl (C=O) groups is 1. The van der Waals surface area contributed by atoms with Crippen molar-refractivity contribution < 1.29 is 9.72 Å². The van der Waals surface area contributed by atoms with Crippen molar-refractivity contribution in [2.45, 2.75) is 12.8 Å². The highest BCUT2D eigenvalue weighted by Crippen LogP contribution is 2.22. The van der Waals surface area contributed by atoms with Crippen molar-refractivity contribution in [2.75, 3.05) is 25.5 Å². The van der Waals surface area contributed by atoms with E-state index in [1.807, 2.05) is 19.0 Å². The van der Waals surface area contributed by atoms with Crippen molar-refractivity contribution in [1.82, 2.24) is 5.32 Å². The zero-order valence-corrected chi connectivity index (χ0v) is 13.9. The summed E-state index contributed by atoms with van der Waals surface area (Å²) in [6.45, 7) is 0.540. The van der Waals surface area contributed by atoms with Crippen molar-refractivity contribution in [3.05, 3.63) is 57.0 Å². The molecule has 0 saturated carbocycles. The lowest BCUT2D eigenvalue weighted by atomic mass is 10.1. The van der Waals surface area contributed by atoms with Crippen LogP contribution in [0.4, 0.5) is 10.7 Å². The summed E-state index contributed by atoms with van der Waals surface area (Å²) in [7, 11) is 4.00. The van der Waals surface area contributed by atoms with Gasteiger partial charge in [0.1, 0.15) is 0 Å². The van der Waals surface area contributed by atoms with Gasteiger partial charge in [0, 0.05) is 37.8 Å². The number of thiophene rings is 1. The molecule has 1 aromatic carbocycles. The zero-order chi connectivity index (χ0) is 16.8. The van der Waals surface area contributed by atoms with Gasteiger partial charge in [0.15, 0.2) is 0 Å². The third-order valence-electron chi connectivity index (χ3n) is 3.41. The van der Waals surface area contributed by atoms with E-state index >= 15 is 0 Å². The molecule has 0 spiro atoms. The SMILES string of the molecule is CN(C)c1ccc(CCCNC(=O)c2csc([N+](=O)[O-])c2)cc1. The van der Waals surface area contributed by atoms with Crippen LogP contribution in [0.5, 0.6) is 0 Å².